The Balaban J connectivity index is 2.11. The lowest BCUT2D eigenvalue weighted by atomic mass is 9.85. The molecule has 2 rings (SSSR count). The van der Waals surface area contributed by atoms with Gasteiger partial charge in [0.25, 0.3) is 5.91 Å². The van der Waals surface area contributed by atoms with E-state index in [4.69, 9.17) is 9.84 Å². The number of nitrogens with zero attached hydrogens (tertiary/aromatic N) is 1. The van der Waals surface area contributed by atoms with E-state index in [1.807, 2.05) is 0 Å². The van der Waals surface area contributed by atoms with Gasteiger partial charge < -0.3 is 19.8 Å². The number of halogens is 3. The number of hydrogen-bond donors (Lipinski definition) is 2. The predicted octanol–water partition coefficient (Wildman–Crippen LogP) is 1.52. The SMILES string of the molecule is COc1ccc(C(=O)N2CCC(O)(C(F)(F)C(=O)O)CC2)cc1F. The summed E-state index contributed by atoms with van der Waals surface area (Å²) in [6.45, 7) is -0.544. The summed E-state index contributed by atoms with van der Waals surface area (Å²) >= 11 is 0. The normalized spacial score (nSPS) is 17.5. The second-order valence-electron chi connectivity index (χ2n) is 5.55. The van der Waals surface area contributed by atoms with Crippen molar-refractivity contribution in [3.63, 3.8) is 0 Å². The van der Waals surface area contributed by atoms with Crippen molar-refractivity contribution in [3.05, 3.63) is 29.6 Å². The smallest absolute Gasteiger partial charge is 0.377 e. The van der Waals surface area contributed by atoms with Crippen LogP contribution in [0, 0.1) is 5.82 Å². The monoisotopic (exact) mass is 347 g/mol. The van der Waals surface area contributed by atoms with Crippen LogP contribution in [0.2, 0.25) is 0 Å². The van der Waals surface area contributed by atoms with E-state index in [2.05, 4.69) is 0 Å². The van der Waals surface area contributed by atoms with Crippen LogP contribution in [0.4, 0.5) is 13.2 Å². The van der Waals surface area contributed by atoms with Crippen molar-refractivity contribution in [1.29, 1.82) is 0 Å². The number of piperidine rings is 1. The first-order valence-electron chi connectivity index (χ1n) is 7.09. The van der Waals surface area contributed by atoms with E-state index in [1.54, 1.807) is 0 Å². The molecular formula is C15H16F3NO5. The van der Waals surface area contributed by atoms with E-state index in [-0.39, 0.29) is 24.4 Å². The first-order chi connectivity index (χ1) is 11.1. The number of rotatable bonds is 4. The maximum atomic E-state index is 13.6. The van der Waals surface area contributed by atoms with Crippen LogP contribution < -0.4 is 4.74 Å². The number of carbonyl (C=O) groups is 2. The lowest BCUT2D eigenvalue weighted by Crippen LogP contribution is -2.59. The van der Waals surface area contributed by atoms with Crippen LogP contribution in [0.5, 0.6) is 5.75 Å². The molecule has 132 valence electrons. The zero-order valence-electron chi connectivity index (χ0n) is 12.8. The number of hydrogen-bond acceptors (Lipinski definition) is 4. The van der Waals surface area contributed by atoms with Crippen LogP contribution in [0.25, 0.3) is 0 Å². The Hall–Kier alpha value is -2.29. The zero-order valence-corrected chi connectivity index (χ0v) is 12.8. The Kier molecular flexibility index (Phi) is 4.75. The van der Waals surface area contributed by atoms with E-state index in [1.165, 1.54) is 19.2 Å². The van der Waals surface area contributed by atoms with E-state index in [0.29, 0.717) is 0 Å². The highest BCUT2D eigenvalue weighted by Gasteiger charge is 2.59. The minimum Gasteiger partial charge on any atom is -0.494 e. The van der Waals surface area contributed by atoms with Gasteiger partial charge >= 0.3 is 11.9 Å². The third-order valence-electron chi connectivity index (χ3n) is 4.13. The van der Waals surface area contributed by atoms with Crippen molar-refractivity contribution in [1.82, 2.24) is 4.90 Å². The second-order valence-corrected chi connectivity index (χ2v) is 5.55. The number of benzene rings is 1. The number of carboxylic acids is 1. The van der Waals surface area contributed by atoms with Gasteiger partial charge in [-0.15, -0.1) is 0 Å². The van der Waals surface area contributed by atoms with E-state index in [0.717, 1.165) is 11.0 Å². The number of ether oxygens (including phenoxy) is 1. The minimum atomic E-state index is -4.31. The molecule has 6 nitrogen and oxygen atoms in total. The van der Waals surface area contributed by atoms with Gasteiger partial charge in [-0.3, -0.25) is 4.79 Å². The number of likely N-dealkylation sites (tertiary alicyclic amines) is 1. The fraction of sp³-hybridized carbons (Fsp3) is 0.467. The maximum absolute atomic E-state index is 13.6. The van der Waals surface area contributed by atoms with Crippen LogP contribution in [0.3, 0.4) is 0 Å². The van der Waals surface area contributed by atoms with Gasteiger partial charge in [-0.2, -0.15) is 8.78 Å². The average Bonchev–Trinajstić information content (AvgIpc) is 2.54. The fourth-order valence-electron chi connectivity index (χ4n) is 2.57. The molecule has 1 aliphatic rings. The van der Waals surface area contributed by atoms with Crippen LogP contribution >= 0.6 is 0 Å². The summed E-state index contributed by atoms with van der Waals surface area (Å²) in [5, 5.41) is 18.5. The van der Waals surface area contributed by atoms with Gasteiger partial charge in [-0.05, 0) is 18.2 Å². The maximum Gasteiger partial charge on any atom is 0.377 e. The molecule has 1 aliphatic heterocycles. The Morgan fingerprint density at radius 3 is 2.33 bits per heavy atom. The summed E-state index contributed by atoms with van der Waals surface area (Å²) < 4.78 is 45.6. The van der Waals surface area contributed by atoms with E-state index < -0.39 is 42.1 Å². The summed E-state index contributed by atoms with van der Waals surface area (Å²) in [7, 11) is 1.27. The molecule has 24 heavy (non-hydrogen) atoms. The topological polar surface area (TPSA) is 87.1 Å². The van der Waals surface area contributed by atoms with Gasteiger partial charge in [-0.25, -0.2) is 9.18 Å². The van der Waals surface area contributed by atoms with Crippen LogP contribution in [-0.2, 0) is 4.79 Å². The molecule has 1 amide bonds. The zero-order chi connectivity index (χ0) is 18.1. The van der Waals surface area contributed by atoms with Crippen LogP contribution in [0.15, 0.2) is 18.2 Å². The molecule has 1 aromatic rings. The number of alkyl halides is 2. The standard InChI is InChI=1S/C15H16F3NO5/c1-24-11-3-2-9(8-10(11)16)12(20)19-6-4-14(23,5-7-19)15(17,18)13(21)22/h2-3,8,23H,4-7H2,1H3,(H,21,22). The summed E-state index contributed by atoms with van der Waals surface area (Å²) in [6, 6.07) is 3.56. The molecule has 1 aromatic carbocycles. The largest absolute Gasteiger partial charge is 0.494 e. The number of amides is 1. The molecule has 2 N–H and O–H groups in total. The molecule has 0 bridgehead atoms. The lowest BCUT2D eigenvalue weighted by Gasteiger charge is -2.40. The molecule has 0 unspecified atom stereocenters. The average molecular weight is 347 g/mol. The second kappa shape index (κ2) is 6.31. The first kappa shape index (κ1) is 18.1. The molecule has 0 aliphatic carbocycles. The number of carbonyl (C=O) groups excluding carboxylic acids is 1. The summed E-state index contributed by atoms with van der Waals surface area (Å²) in [6.07, 6.45) is -1.20. The Bertz CT molecular complexity index is 657. The van der Waals surface area contributed by atoms with E-state index in [9.17, 15) is 27.9 Å². The molecule has 1 fully saturated rings. The highest BCUT2D eigenvalue weighted by molar-refractivity contribution is 5.94. The summed E-state index contributed by atoms with van der Waals surface area (Å²) in [4.78, 5) is 24.1. The number of carboxylic acid groups (broad SMARTS) is 1. The van der Waals surface area contributed by atoms with Gasteiger partial charge in [0.1, 0.15) is 5.60 Å². The Labute approximate surface area is 135 Å². The minimum absolute atomic E-state index is 0.00346. The molecule has 0 atom stereocenters. The summed E-state index contributed by atoms with van der Waals surface area (Å²) in [5.74, 6) is -8.11. The molecule has 0 saturated carbocycles. The highest BCUT2D eigenvalue weighted by Crippen LogP contribution is 2.38. The number of aliphatic hydroxyl groups is 1. The molecule has 0 aromatic heterocycles. The van der Waals surface area contributed by atoms with Gasteiger partial charge in [0.15, 0.2) is 11.6 Å². The number of aliphatic carboxylic acids is 1. The molecule has 0 radical (unpaired) electrons. The van der Waals surface area contributed by atoms with E-state index >= 15 is 0 Å². The third kappa shape index (κ3) is 3.03. The molecular weight excluding hydrogens is 331 g/mol. The Morgan fingerprint density at radius 2 is 1.88 bits per heavy atom. The summed E-state index contributed by atoms with van der Waals surface area (Å²) in [5.41, 5.74) is -2.72. The lowest BCUT2D eigenvalue weighted by molar-refractivity contribution is -0.217. The van der Waals surface area contributed by atoms with Gasteiger partial charge in [0.2, 0.25) is 0 Å². The van der Waals surface area contributed by atoms with Crippen molar-refractivity contribution in [2.24, 2.45) is 0 Å². The van der Waals surface area contributed by atoms with Crippen LogP contribution in [0.1, 0.15) is 23.2 Å². The molecule has 1 saturated heterocycles. The van der Waals surface area contributed by atoms with Crippen molar-refractivity contribution >= 4 is 11.9 Å². The van der Waals surface area contributed by atoms with Crippen molar-refractivity contribution in [2.75, 3.05) is 20.2 Å². The van der Waals surface area contributed by atoms with Crippen LogP contribution in [-0.4, -0.2) is 58.7 Å². The van der Waals surface area contributed by atoms with Gasteiger partial charge in [-0.1, -0.05) is 0 Å². The van der Waals surface area contributed by atoms with Gasteiger partial charge in [0.05, 0.1) is 7.11 Å². The molecule has 9 heteroatoms. The van der Waals surface area contributed by atoms with Crippen molar-refractivity contribution in [3.8, 4) is 5.75 Å². The molecule has 1 heterocycles. The number of methoxy groups -OCH3 is 1. The highest BCUT2D eigenvalue weighted by atomic mass is 19.3. The third-order valence-corrected chi connectivity index (χ3v) is 4.13. The van der Waals surface area contributed by atoms with Crippen molar-refractivity contribution < 1.29 is 37.7 Å². The quantitative estimate of drug-likeness (QED) is 0.862. The fourth-order valence-corrected chi connectivity index (χ4v) is 2.57. The first-order valence-corrected chi connectivity index (χ1v) is 7.09. The van der Waals surface area contributed by atoms with Gasteiger partial charge in [0, 0.05) is 31.5 Å². The van der Waals surface area contributed by atoms with Crippen molar-refractivity contribution in [2.45, 2.75) is 24.4 Å². The molecule has 0 spiro atoms. The Morgan fingerprint density at radius 1 is 1.29 bits per heavy atom. The predicted molar refractivity (Wildman–Crippen MR) is 75.6 cm³/mol.